The molecular weight excluding hydrogens is 413 g/mol. The molecule has 1 aromatic rings. The monoisotopic (exact) mass is 425 g/mol. The molecule has 18 heavy (non-hydrogen) atoms. The van der Waals surface area contributed by atoms with Crippen LogP contribution >= 0.6 is 38.5 Å². The van der Waals surface area contributed by atoms with E-state index in [4.69, 9.17) is 4.74 Å². The third-order valence-electron chi connectivity index (χ3n) is 2.06. The van der Waals surface area contributed by atoms with E-state index < -0.39 is 0 Å². The van der Waals surface area contributed by atoms with Gasteiger partial charge in [-0.25, -0.2) is 0 Å². The van der Waals surface area contributed by atoms with Crippen LogP contribution in [-0.4, -0.2) is 18.5 Å². The van der Waals surface area contributed by atoms with Crippen molar-refractivity contribution in [3.8, 4) is 0 Å². The van der Waals surface area contributed by atoms with Crippen LogP contribution in [0.3, 0.4) is 0 Å². The van der Waals surface area contributed by atoms with E-state index in [1.54, 1.807) is 6.92 Å². The number of rotatable bonds is 5. The van der Waals surface area contributed by atoms with E-state index in [2.05, 4.69) is 43.8 Å². The number of carbonyl (C=O) groups excluding carboxylic acids is 2. The number of halogens is 2. The van der Waals surface area contributed by atoms with Crippen LogP contribution in [0.2, 0.25) is 0 Å². The Labute approximate surface area is 128 Å². The molecule has 0 aromatic heterocycles. The van der Waals surface area contributed by atoms with Crippen LogP contribution in [0.4, 0.5) is 5.69 Å². The molecule has 4 nitrogen and oxygen atoms in total. The number of amides is 1. The molecule has 0 spiro atoms. The minimum atomic E-state index is -0.352. The van der Waals surface area contributed by atoms with Crippen LogP contribution in [0, 0.1) is 3.57 Å². The molecule has 0 aliphatic rings. The molecule has 0 saturated heterocycles. The number of benzene rings is 1. The van der Waals surface area contributed by atoms with Crippen LogP contribution in [0.1, 0.15) is 19.8 Å². The van der Waals surface area contributed by atoms with Gasteiger partial charge in [0.15, 0.2) is 0 Å². The van der Waals surface area contributed by atoms with Gasteiger partial charge < -0.3 is 10.1 Å². The van der Waals surface area contributed by atoms with Crippen LogP contribution in [0.5, 0.6) is 0 Å². The van der Waals surface area contributed by atoms with Crippen molar-refractivity contribution in [1.29, 1.82) is 0 Å². The molecule has 0 unspecified atom stereocenters. The normalized spacial score (nSPS) is 9.94. The lowest BCUT2D eigenvalue weighted by atomic mass is 10.2. The van der Waals surface area contributed by atoms with E-state index in [1.165, 1.54) is 0 Å². The summed E-state index contributed by atoms with van der Waals surface area (Å²) in [7, 11) is 0. The van der Waals surface area contributed by atoms with Gasteiger partial charge in [0.1, 0.15) is 0 Å². The minimum absolute atomic E-state index is 0.0984. The predicted molar refractivity (Wildman–Crippen MR) is 81.4 cm³/mol. The van der Waals surface area contributed by atoms with Crippen LogP contribution < -0.4 is 5.32 Å². The molecule has 0 fully saturated rings. The van der Waals surface area contributed by atoms with Crippen molar-refractivity contribution in [2.24, 2.45) is 0 Å². The second-order valence-electron chi connectivity index (χ2n) is 3.48. The highest BCUT2D eigenvalue weighted by Gasteiger charge is 2.09. The molecule has 0 atom stereocenters. The summed E-state index contributed by atoms with van der Waals surface area (Å²) >= 11 is 5.52. The number of carbonyl (C=O) groups is 2. The van der Waals surface area contributed by atoms with Crippen LogP contribution in [-0.2, 0) is 14.3 Å². The molecular formula is C12H13BrINO3. The van der Waals surface area contributed by atoms with Crippen molar-refractivity contribution in [2.45, 2.75) is 19.8 Å². The highest BCUT2D eigenvalue weighted by Crippen LogP contribution is 2.24. The van der Waals surface area contributed by atoms with Gasteiger partial charge in [-0.05, 0) is 63.6 Å². The van der Waals surface area contributed by atoms with Crippen LogP contribution in [0.25, 0.3) is 0 Å². The smallest absolute Gasteiger partial charge is 0.306 e. The summed E-state index contributed by atoms with van der Waals surface area (Å²) in [5.41, 5.74) is 0.704. The summed E-state index contributed by atoms with van der Waals surface area (Å²) in [6, 6.07) is 5.65. The summed E-state index contributed by atoms with van der Waals surface area (Å²) in [6.45, 7) is 2.07. The number of nitrogens with one attached hydrogen (secondary N) is 1. The first-order valence-electron chi connectivity index (χ1n) is 5.43. The van der Waals surface area contributed by atoms with E-state index in [0.717, 1.165) is 8.04 Å². The van der Waals surface area contributed by atoms with E-state index >= 15 is 0 Å². The summed E-state index contributed by atoms with van der Waals surface area (Å²) in [6.07, 6.45) is 0.220. The fourth-order valence-corrected chi connectivity index (χ4v) is 2.09. The van der Waals surface area contributed by atoms with Crippen molar-refractivity contribution in [1.82, 2.24) is 0 Å². The fraction of sp³-hybridized carbons (Fsp3) is 0.333. The molecule has 6 heteroatoms. The highest BCUT2D eigenvalue weighted by atomic mass is 127. The Morgan fingerprint density at radius 2 is 2.11 bits per heavy atom. The quantitative estimate of drug-likeness (QED) is 0.581. The van der Waals surface area contributed by atoms with Crippen molar-refractivity contribution >= 4 is 56.1 Å². The fourth-order valence-electron chi connectivity index (χ4n) is 1.25. The molecule has 0 radical (unpaired) electrons. The van der Waals surface area contributed by atoms with Crippen LogP contribution in [0.15, 0.2) is 22.7 Å². The number of hydrogen-bond acceptors (Lipinski definition) is 3. The third kappa shape index (κ3) is 5.34. The predicted octanol–water partition coefficient (Wildman–Crippen LogP) is 3.34. The van der Waals surface area contributed by atoms with Gasteiger partial charge in [-0.2, -0.15) is 0 Å². The summed E-state index contributed by atoms with van der Waals surface area (Å²) < 4.78 is 6.59. The molecule has 0 saturated carbocycles. The van der Waals surface area contributed by atoms with Gasteiger partial charge in [-0.3, -0.25) is 9.59 Å². The van der Waals surface area contributed by atoms with Crippen molar-refractivity contribution in [3.05, 3.63) is 26.2 Å². The first-order chi connectivity index (χ1) is 8.52. The number of hydrogen-bond donors (Lipinski definition) is 1. The van der Waals surface area contributed by atoms with Crippen molar-refractivity contribution in [3.63, 3.8) is 0 Å². The van der Waals surface area contributed by atoms with Gasteiger partial charge >= 0.3 is 5.97 Å². The maximum atomic E-state index is 11.6. The zero-order valence-electron chi connectivity index (χ0n) is 9.83. The zero-order valence-corrected chi connectivity index (χ0v) is 13.6. The SMILES string of the molecule is CCOC(=O)CCC(=O)Nc1cc(I)ccc1Br. The van der Waals surface area contributed by atoms with Crippen molar-refractivity contribution in [2.75, 3.05) is 11.9 Å². The van der Waals surface area contributed by atoms with Gasteiger partial charge in [0, 0.05) is 14.5 Å². The Hall–Kier alpha value is -0.630. The topological polar surface area (TPSA) is 55.4 Å². The summed E-state index contributed by atoms with van der Waals surface area (Å²) in [5.74, 6) is -0.555. The molecule has 0 heterocycles. The first-order valence-corrected chi connectivity index (χ1v) is 7.30. The lowest BCUT2D eigenvalue weighted by molar-refractivity contribution is -0.144. The van der Waals surface area contributed by atoms with E-state index in [9.17, 15) is 9.59 Å². The van der Waals surface area contributed by atoms with E-state index in [0.29, 0.717) is 12.3 Å². The highest BCUT2D eigenvalue weighted by molar-refractivity contribution is 14.1. The molecule has 1 amide bonds. The lowest BCUT2D eigenvalue weighted by Gasteiger charge is -2.07. The Morgan fingerprint density at radius 1 is 1.39 bits per heavy atom. The van der Waals surface area contributed by atoms with E-state index in [-0.39, 0.29) is 24.7 Å². The van der Waals surface area contributed by atoms with Gasteiger partial charge in [0.2, 0.25) is 5.91 Å². The standard InChI is InChI=1S/C12H13BrINO3/c1-2-18-12(17)6-5-11(16)15-10-7-8(14)3-4-9(10)13/h3-4,7H,2,5-6H2,1H3,(H,15,16). The zero-order chi connectivity index (χ0) is 13.5. The van der Waals surface area contributed by atoms with Gasteiger partial charge in [-0.15, -0.1) is 0 Å². The Morgan fingerprint density at radius 3 is 2.78 bits per heavy atom. The Kier molecular flexibility index (Phi) is 6.62. The number of anilines is 1. The summed E-state index contributed by atoms with van der Waals surface area (Å²) in [4.78, 5) is 22.8. The van der Waals surface area contributed by atoms with Gasteiger partial charge in [0.05, 0.1) is 18.7 Å². The minimum Gasteiger partial charge on any atom is -0.466 e. The maximum absolute atomic E-state index is 11.6. The van der Waals surface area contributed by atoms with Crippen molar-refractivity contribution < 1.29 is 14.3 Å². The Bertz CT molecular complexity index is 451. The number of esters is 1. The van der Waals surface area contributed by atoms with Gasteiger partial charge in [0.25, 0.3) is 0 Å². The molecule has 1 rings (SSSR count). The Balaban J connectivity index is 2.49. The second-order valence-corrected chi connectivity index (χ2v) is 5.58. The number of ether oxygens (including phenoxy) is 1. The molecule has 0 aliphatic carbocycles. The third-order valence-corrected chi connectivity index (χ3v) is 3.43. The van der Waals surface area contributed by atoms with E-state index in [1.807, 2.05) is 18.2 Å². The second kappa shape index (κ2) is 7.73. The molecule has 0 aliphatic heterocycles. The molecule has 98 valence electrons. The summed E-state index contributed by atoms with van der Waals surface area (Å²) in [5, 5.41) is 2.75. The lowest BCUT2D eigenvalue weighted by Crippen LogP contribution is -2.15. The first kappa shape index (κ1) is 15.4. The molecule has 1 N–H and O–H groups in total. The molecule has 0 bridgehead atoms. The maximum Gasteiger partial charge on any atom is 0.306 e. The van der Waals surface area contributed by atoms with Gasteiger partial charge in [-0.1, -0.05) is 0 Å². The largest absolute Gasteiger partial charge is 0.466 e. The average Bonchev–Trinajstić information content (AvgIpc) is 2.32. The average molecular weight is 426 g/mol. The molecule has 1 aromatic carbocycles.